The first-order valence-electron chi connectivity index (χ1n) is 7.02. The van der Waals surface area contributed by atoms with Gasteiger partial charge in [0.25, 0.3) is 0 Å². The number of nitrogens with zero attached hydrogens (tertiary/aromatic N) is 4. The quantitative estimate of drug-likeness (QED) is 0.833. The van der Waals surface area contributed by atoms with E-state index < -0.39 is 0 Å². The molecule has 3 rings (SSSR count). The molecular weight excluding hydrogens is 290 g/mol. The van der Waals surface area contributed by atoms with Gasteiger partial charge in [0.05, 0.1) is 6.04 Å². The summed E-state index contributed by atoms with van der Waals surface area (Å²) in [6.45, 7) is 0. The summed E-state index contributed by atoms with van der Waals surface area (Å²) in [5, 5.41) is 14.7. The van der Waals surface area contributed by atoms with Crippen molar-refractivity contribution in [2.24, 2.45) is 0 Å². The summed E-state index contributed by atoms with van der Waals surface area (Å²) < 4.78 is 1.87. The normalized spacial score (nSPS) is 14.1. The number of aromatic nitrogens is 4. The van der Waals surface area contributed by atoms with Crippen LogP contribution in [0.15, 0.2) is 24.3 Å². The molecule has 1 amide bonds. The molecule has 1 aliphatic carbocycles. The lowest BCUT2D eigenvalue weighted by Gasteiger charge is -2.06. The molecule has 1 N–H and O–H groups in total. The number of anilines is 1. The molecule has 110 valence electrons. The first-order valence-corrected chi connectivity index (χ1v) is 7.55. The van der Waals surface area contributed by atoms with Crippen LogP contribution in [0.2, 0.25) is 0 Å². The molecule has 0 spiro atoms. The molecular formula is C14H16ClN5O. The lowest BCUT2D eigenvalue weighted by atomic mass is 10.2. The molecule has 21 heavy (non-hydrogen) atoms. The zero-order valence-electron chi connectivity index (χ0n) is 11.5. The van der Waals surface area contributed by atoms with E-state index in [2.05, 4.69) is 20.8 Å². The number of tetrazole rings is 1. The van der Waals surface area contributed by atoms with Crippen LogP contribution >= 0.6 is 11.6 Å². The average Bonchev–Trinajstić information content (AvgIpc) is 3.23. The minimum atomic E-state index is -0.0220. The standard InChI is InChI=1S/C14H16ClN5O/c15-9-1-2-13(21)16-11-5-3-10(4-6-11)14-17-18-19-20(14)12-7-8-12/h3-6,12H,1-2,7-9H2,(H,16,21). The largest absolute Gasteiger partial charge is 0.326 e. The Morgan fingerprint density at radius 1 is 1.33 bits per heavy atom. The third-order valence-corrected chi connectivity index (χ3v) is 3.62. The highest BCUT2D eigenvalue weighted by molar-refractivity contribution is 6.18. The van der Waals surface area contributed by atoms with Crippen molar-refractivity contribution in [3.63, 3.8) is 0 Å². The number of nitrogens with one attached hydrogen (secondary N) is 1. The van der Waals surface area contributed by atoms with Crippen LogP contribution in [0, 0.1) is 0 Å². The van der Waals surface area contributed by atoms with Gasteiger partial charge in [-0.25, -0.2) is 4.68 Å². The Morgan fingerprint density at radius 2 is 2.10 bits per heavy atom. The minimum Gasteiger partial charge on any atom is -0.326 e. The molecule has 2 aromatic rings. The van der Waals surface area contributed by atoms with Gasteiger partial charge in [0.15, 0.2) is 5.82 Å². The molecule has 1 heterocycles. The molecule has 0 bridgehead atoms. The van der Waals surface area contributed by atoms with Crippen molar-refractivity contribution < 1.29 is 4.79 Å². The molecule has 1 aliphatic rings. The Labute approximate surface area is 127 Å². The summed E-state index contributed by atoms with van der Waals surface area (Å²) in [6, 6.07) is 7.99. The van der Waals surface area contributed by atoms with Gasteiger partial charge in [-0.05, 0) is 54.0 Å². The summed E-state index contributed by atoms with van der Waals surface area (Å²) in [5.74, 6) is 1.25. The van der Waals surface area contributed by atoms with Crippen LogP contribution in [0.5, 0.6) is 0 Å². The van der Waals surface area contributed by atoms with Gasteiger partial charge in [0, 0.05) is 23.6 Å². The van der Waals surface area contributed by atoms with Crippen LogP contribution in [-0.4, -0.2) is 32.0 Å². The van der Waals surface area contributed by atoms with Crippen molar-refractivity contribution in [1.29, 1.82) is 0 Å². The fourth-order valence-corrected chi connectivity index (χ4v) is 2.24. The molecule has 0 unspecified atom stereocenters. The molecule has 0 atom stereocenters. The molecule has 1 saturated carbocycles. The molecule has 6 nitrogen and oxygen atoms in total. The van der Waals surface area contributed by atoms with Crippen LogP contribution in [-0.2, 0) is 4.79 Å². The van der Waals surface area contributed by atoms with E-state index >= 15 is 0 Å². The molecule has 1 aromatic heterocycles. The highest BCUT2D eigenvalue weighted by Crippen LogP contribution is 2.36. The number of rotatable bonds is 6. The predicted molar refractivity (Wildman–Crippen MR) is 80.1 cm³/mol. The van der Waals surface area contributed by atoms with Gasteiger partial charge >= 0.3 is 0 Å². The van der Waals surface area contributed by atoms with Crippen molar-refractivity contribution >= 4 is 23.2 Å². The first-order chi connectivity index (χ1) is 10.3. The van der Waals surface area contributed by atoms with E-state index in [1.54, 1.807) is 0 Å². The maximum Gasteiger partial charge on any atom is 0.224 e. The molecule has 1 aromatic carbocycles. The molecule has 1 fully saturated rings. The zero-order chi connectivity index (χ0) is 14.7. The van der Waals surface area contributed by atoms with Gasteiger partial charge in [0.1, 0.15) is 0 Å². The molecule has 0 radical (unpaired) electrons. The van der Waals surface area contributed by atoms with Gasteiger partial charge in [-0.2, -0.15) is 0 Å². The van der Waals surface area contributed by atoms with Crippen LogP contribution < -0.4 is 5.32 Å². The Kier molecular flexibility index (Phi) is 4.15. The fraction of sp³-hybridized carbons (Fsp3) is 0.429. The third kappa shape index (κ3) is 3.39. The number of halogens is 1. The van der Waals surface area contributed by atoms with E-state index in [0.29, 0.717) is 24.8 Å². The number of carbonyl (C=O) groups is 1. The summed E-state index contributed by atoms with van der Waals surface area (Å²) >= 11 is 5.57. The Morgan fingerprint density at radius 3 is 2.76 bits per heavy atom. The second kappa shape index (κ2) is 6.22. The van der Waals surface area contributed by atoms with Crippen LogP contribution in [0.25, 0.3) is 11.4 Å². The van der Waals surface area contributed by atoms with Crippen molar-refractivity contribution in [3.05, 3.63) is 24.3 Å². The van der Waals surface area contributed by atoms with E-state index in [9.17, 15) is 4.79 Å². The number of amides is 1. The van der Waals surface area contributed by atoms with E-state index in [1.807, 2.05) is 28.9 Å². The van der Waals surface area contributed by atoms with Gasteiger partial charge in [-0.1, -0.05) is 0 Å². The fourth-order valence-electron chi connectivity index (χ4n) is 2.10. The topological polar surface area (TPSA) is 72.7 Å². The summed E-state index contributed by atoms with van der Waals surface area (Å²) in [5.41, 5.74) is 1.72. The molecule has 7 heteroatoms. The first kappa shape index (κ1) is 14.0. The van der Waals surface area contributed by atoms with Gasteiger partial charge < -0.3 is 5.32 Å². The SMILES string of the molecule is O=C(CCCCl)Nc1ccc(-c2nnnn2C2CC2)cc1. The summed E-state index contributed by atoms with van der Waals surface area (Å²) in [7, 11) is 0. The number of hydrogen-bond acceptors (Lipinski definition) is 4. The highest BCUT2D eigenvalue weighted by Gasteiger charge is 2.28. The number of alkyl halides is 1. The third-order valence-electron chi connectivity index (χ3n) is 3.35. The molecule has 0 aliphatic heterocycles. The smallest absolute Gasteiger partial charge is 0.224 e. The lowest BCUT2D eigenvalue weighted by Crippen LogP contribution is -2.11. The van der Waals surface area contributed by atoms with Crippen LogP contribution in [0.1, 0.15) is 31.7 Å². The Balaban J connectivity index is 1.69. The van der Waals surface area contributed by atoms with E-state index in [0.717, 1.165) is 29.9 Å². The lowest BCUT2D eigenvalue weighted by molar-refractivity contribution is -0.116. The van der Waals surface area contributed by atoms with Crippen molar-refractivity contribution in [3.8, 4) is 11.4 Å². The summed E-state index contributed by atoms with van der Waals surface area (Å²) in [4.78, 5) is 11.6. The van der Waals surface area contributed by atoms with E-state index in [1.165, 1.54) is 0 Å². The van der Waals surface area contributed by atoms with E-state index in [4.69, 9.17) is 11.6 Å². The Hall–Kier alpha value is -1.95. The average molecular weight is 306 g/mol. The van der Waals surface area contributed by atoms with Crippen molar-refractivity contribution in [2.75, 3.05) is 11.2 Å². The van der Waals surface area contributed by atoms with Gasteiger partial charge in [0.2, 0.25) is 5.91 Å². The van der Waals surface area contributed by atoms with Gasteiger partial charge in [-0.3, -0.25) is 4.79 Å². The Bertz CT molecular complexity index is 621. The second-order valence-electron chi connectivity index (χ2n) is 5.10. The zero-order valence-corrected chi connectivity index (χ0v) is 12.3. The van der Waals surface area contributed by atoms with Gasteiger partial charge in [-0.15, -0.1) is 16.7 Å². The van der Waals surface area contributed by atoms with Crippen molar-refractivity contribution in [2.45, 2.75) is 31.7 Å². The second-order valence-corrected chi connectivity index (χ2v) is 5.47. The summed E-state index contributed by atoms with van der Waals surface area (Å²) in [6.07, 6.45) is 3.38. The molecule has 0 saturated heterocycles. The number of hydrogen-bond donors (Lipinski definition) is 1. The maximum atomic E-state index is 11.6. The highest BCUT2D eigenvalue weighted by atomic mass is 35.5. The van der Waals surface area contributed by atoms with E-state index in [-0.39, 0.29) is 5.91 Å². The predicted octanol–water partition coefficient (Wildman–Crippen LogP) is 2.63. The van der Waals surface area contributed by atoms with Crippen molar-refractivity contribution in [1.82, 2.24) is 20.2 Å². The number of benzene rings is 1. The van der Waals surface area contributed by atoms with Crippen LogP contribution in [0.3, 0.4) is 0 Å². The maximum absolute atomic E-state index is 11.6. The van der Waals surface area contributed by atoms with Crippen LogP contribution in [0.4, 0.5) is 5.69 Å². The minimum absolute atomic E-state index is 0.0220. The number of carbonyl (C=O) groups excluding carboxylic acids is 1. The monoisotopic (exact) mass is 305 g/mol.